The van der Waals surface area contributed by atoms with Gasteiger partial charge in [0.2, 0.25) is 0 Å². The van der Waals surface area contributed by atoms with Crippen LogP contribution in [0, 0.1) is 6.92 Å². The van der Waals surface area contributed by atoms with Crippen LogP contribution in [0.4, 0.5) is 11.4 Å². The molecule has 2 saturated heterocycles. The Kier molecular flexibility index (Phi) is 18.8. The molecule has 328 valence electrons. The van der Waals surface area contributed by atoms with E-state index in [9.17, 15) is 0 Å². The number of pyridine rings is 2. The Morgan fingerprint density at radius 3 is 1.40 bits per heavy atom. The molecule has 0 unspecified atom stereocenters. The topological polar surface area (TPSA) is 116 Å². The fourth-order valence-corrected chi connectivity index (χ4v) is 7.87. The normalized spacial score (nSPS) is 17.0. The monoisotopic (exact) mass is 906 g/mol. The minimum Gasteiger partial charge on any atom is -0.486 e. The van der Waals surface area contributed by atoms with Crippen molar-refractivity contribution in [2.75, 3.05) is 88.6 Å². The van der Waals surface area contributed by atoms with Gasteiger partial charge < -0.3 is 38.8 Å². The van der Waals surface area contributed by atoms with Gasteiger partial charge in [-0.25, -0.2) is 0 Å². The molecule has 0 spiro atoms. The minimum absolute atomic E-state index is 0.625. The molecular formula is C48H60BBrN6O6. The Morgan fingerprint density at radius 1 is 0.581 bits per heavy atom. The number of para-hydroxylation sites is 2. The molecule has 0 radical (unpaired) electrons. The summed E-state index contributed by atoms with van der Waals surface area (Å²) in [4.78, 5) is 18.3. The molecule has 2 aromatic carbocycles. The minimum atomic E-state index is -1.17. The third-order valence-corrected chi connectivity index (χ3v) is 10.8. The fourth-order valence-electron chi connectivity index (χ4n) is 7.46. The maximum Gasteiger partial charge on any atom is 0.448 e. The van der Waals surface area contributed by atoms with Gasteiger partial charge in [-0.15, -0.1) is 0 Å². The number of anilines is 2. The number of rotatable bonds is 6. The molecule has 2 aromatic heterocycles. The van der Waals surface area contributed by atoms with E-state index in [-0.39, 0.29) is 0 Å². The molecule has 2 fully saturated rings. The maximum atomic E-state index is 7.61. The maximum absolute atomic E-state index is 7.61. The predicted molar refractivity (Wildman–Crippen MR) is 253 cm³/mol. The molecule has 0 saturated carbocycles. The van der Waals surface area contributed by atoms with E-state index in [1.165, 1.54) is 23.5 Å². The van der Waals surface area contributed by atoms with E-state index < -0.39 is 7.12 Å². The third-order valence-electron chi connectivity index (χ3n) is 10.3. The lowest BCUT2D eigenvalue weighted by Crippen LogP contribution is -2.46. The van der Waals surface area contributed by atoms with Crippen LogP contribution in [-0.2, 0) is 13.1 Å². The summed E-state index contributed by atoms with van der Waals surface area (Å²) in [5.74, 6) is 3.53. The van der Waals surface area contributed by atoms with Gasteiger partial charge in [0.15, 0.2) is 23.0 Å². The van der Waals surface area contributed by atoms with Gasteiger partial charge in [0.25, 0.3) is 0 Å². The predicted octanol–water partition coefficient (Wildman–Crippen LogP) is 7.51. The summed E-state index contributed by atoms with van der Waals surface area (Å²) in [5, 5.41) is 15.2. The first-order valence-corrected chi connectivity index (χ1v) is 22.3. The second-order valence-corrected chi connectivity index (χ2v) is 16.2. The lowest BCUT2D eigenvalue weighted by atomic mass is 9.99. The van der Waals surface area contributed by atoms with Gasteiger partial charge in [-0.1, -0.05) is 66.8 Å². The highest BCUT2D eigenvalue weighted by atomic mass is 79.9. The van der Waals surface area contributed by atoms with Crippen LogP contribution in [0.3, 0.4) is 0 Å². The number of hydrogen-bond acceptors (Lipinski definition) is 12. The van der Waals surface area contributed by atoms with Crippen LogP contribution in [0.2, 0.25) is 6.82 Å². The van der Waals surface area contributed by atoms with Gasteiger partial charge in [0.1, 0.15) is 26.4 Å². The highest BCUT2D eigenvalue weighted by Gasteiger charge is 2.25. The van der Waals surface area contributed by atoms with Crippen molar-refractivity contribution in [3.8, 4) is 23.0 Å². The summed E-state index contributed by atoms with van der Waals surface area (Å²) in [6.45, 7) is 15.9. The molecule has 0 amide bonds. The molecule has 2 N–H and O–H groups in total. The number of piperazine rings is 2. The zero-order valence-corrected chi connectivity index (χ0v) is 37.6. The standard InChI is InChI=1S/C19H23N3O2.C18H20BrN3O2.2C5H6.CH5BO2/c1-15-11-16(13-20-12-15)14-21-5-7-22(8-6-21)17-3-2-4-18-19(17)24-10-9-23-18;19-15-10-14(11-20-12-15)13-21-4-6-22(7-5-21)16-2-1-3-17-18(16)24-9-8-23-17;2*1-2-4-5-3-1;1-2(3)4/h2-4,11-13H,5-10,14H2,1H3;1-3,10-12H,4-9,13H2;2*1-4H,5H2;3-4H,1H3. The second kappa shape index (κ2) is 25.1. The highest BCUT2D eigenvalue weighted by Crippen LogP contribution is 2.41. The zero-order chi connectivity index (χ0) is 43.4. The van der Waals surface area contributed by atoms with Crippen molar-refractivity contribution in [2.45, 2.75) is 39.7 Å². The van der Waals surface area contributed by atoms with Crippen molar-refractivity contribution in [1.82, 2.24) is 19.8 Å². The quantitative estimate of drug-likeness (QED) is 0.187. The van der Waals surface area contributed by atoms with E-state index in [0.29, 0.717) is 26.4 Å². The Hall–Kier alpha value is -5.12. The van der Waals surface area contributed by atoms with Crippen LogP contribution in [-0.4, -0.2) is 116 Å². The van der Waals surface area contributed by atoms with E-state index in [4.69, 9.17) is 29.0 Å². The lowest BCUT2D eigenvalue weighted by molar-refractivity contribution is 0.171. The fraction of sp³-hybridized carbons (Fsp3) is 0.375. The SMILES string of the molecule is Brc1cncc(CN2CCN(c3cccc4c3OCCO4)CC2)c1.C1=CCC=C1.C1=CCC=C1.CB(O)O.Cc1cncc(CN2CCN(c3cccc4c3OCCO4)CC2)c1. The summed E-state index contributed by atoms with van der Waals surface area (Å²) in [7, 11) is -1.17. The largest absolute Gasteiger partial charge is 0.486 e. The van der Waals surface area contributed by atoms with Crippen molar-refractivity contribution in [2.24, 2.45) is 0 Å². The molecule has 6 aliphatic rings. The van der Waals surface area contributed by atoms with Crippen molar-refractivity contribution < 1.29 is 29.0 Å². The first kappa shape index (κ1) is 46.4. The van der Waals surface area contributed by atoms with E-state index >= 15 is 0 Å². The van der Waals surface area contributed by atoms with Crippen LogP contribution in [0.1, 0.15) is 29.5 Å². The molecule has 2 aliphatic carbocycles. The smallest absolute Gasteiger partial charge is 0.448 e. The number of benzene rings is 2. The molecular weight excluding hydrogens is 847 g/mol. The molecule has 62 heavy (non-hydrogen) atoms. The number of aryl methyl sites for hydroxylation is 1. The number of ether oxygens (including phenoxy) is 4. The van der Waals surface area contributed by atoms with Crippen LogP contribution < -0.4 is 28.7 Å². The highest BCUT2D eigenvalue weighted by molar-refractivity contribution is 9.10. The van der Waals surface area contributed by atoms with Gasteiger partial charge in [0.05, 0.1) is 11.4 Å². The summed E-state index contributed by atoms with van der Waals surface area (Å²) < 4.78 is 24.1. The Bertz CT molecular complexity index is 1930. The van der Waals surface area contributed by atoms with Crippen molar-refractivity contribution >= 4 is 34.4 Å². The van der Waals surface area contributed by atoms with Crippen molar-refractivity contribution in [3.05, 3.63) is 143 Å². The Morgan fingerprint density at radius 2 is 1.00 bits per heavy atom. The third kappa shape index (κ3) is 15.1. The van der Waals surface area contributed by atoms with E-state index in [0.717, 1.165) is 117 Å². The number of nitrogens with zero attached hydrogens (tertiary/aromatic N) is 6. The lowest BCUT2D eigenvalue weighted by Gasteiger charge is -2.37. The van der Waals surface area contributed by atoms with Gasteiger partial charge in [0, 0.05) is 94.7 Å². The van der Waals surface area contributed by atoms with Gasteiger partial charge in [-0.3, -0.25) is 19.8 Å². The molecule has 6 heterocycles. The van der Waals surface area contributed by atoms with Gasteiger partial charge in [-0.2, -0.15) is 0 Å². The molecule has 4 aliphatic heterocycles. The summed E-state index contributed by atoms with van der Waals surface area (Å²) in [6.07, 6.45) is 26.6. The summed E-state index contributed by atoms with van der Waals surface area (Å²) >= 11 is 3.49. The van der Waals surface area contributed by atoms with Gasteiger partial charge >= 0.3 is 7.12 Å². The van der Waals surface area contributed by atoms with E-state index in [1.54, 1.807) is 0 Å². The van der Waals surface area contributed by atoms with Crippen LogP contribution in [0.25, 0.3) is 0 Å². The van der Waals surface area contributed by atoms with Gasteiger partial charge in [-0.05, 0) is 89.5 Å². The first-order chi connectivity index (χ1) is 30.3. The first-order valence-electron chi connectivity index (χ1n) is 21.5. The summed E-state index contributed by atoms with van der Waals surface area (Å²) in [6, 6.07) is 16.7. The number of hydrogen-bond donors (Lipinski definition) is 2. The van der Waals surface area contributed by atoms with Crippen LogP contribution >= 0.6 is 15.9 Å². The Labute approximate surface area is 376 Å². The molecule has 14 heteroatoms. The van der Waals surface area contributed by atoms with Crippen LogP contribution in [0.15, 0.2) is 126 Å². The number of aromatic nitrogens is 2. The van der Waals surface area contributed by atoms with Crippen molar-refractivity contribution in [1.29, 1.82) is 0 Å². The molecule has 10 rings (SSSR count). The number of allylic oxidation sites excluding steroid dienone is 8. The zero-order valence-electron chi connectivity index (χ0n) is 36.0. The Balaban J connectivity index is 0.000000158. The molecule has 12 nitrogen and oxygen atoms in total. The molecule has 4 aromatic rings. The second-order valence-electron chi connectivity index (χ2n) is 15.3. The average molecular weight is 908 g/mol. The van der Waals surface area contributed by atoms with Crippen molar-refractivity contribution in [3.63, 3.8) is 0 Å². The number of halogens is 1. The molecule has 0 atom stereocenters. The summed E-state index contributed by atoms with van der Waals surface area (Å²) in [5.41, 5.74) is 6.06. The van der Waals surface area contributed by atoms with Crippen LogP contribution in [0.5, 0.6) is 23.0 Å². The van der Waals surface area contributed by atoms with E-state index in [2.05, 4.69) is 125 Å². The average Bonchev–Trinajstić information content (AvgIpc) is 4.09. The number of fused-ring (bicyclic) bond motifs is 2. The van der Waals surface area contributed by atoms with E-state index in [1.807, 2.05) is 49.1 Å². The molecule has 0 bridgehead atoms.